The van der Waals surface area contributed by atoms with Crippen LogP contribution in [0.1, 0.15) is 65.0 Å². The zero-order valence-corrected chi connectivity index (χ0v) is 14.5. The average molecular weight is 354 g/mol. The summed E-state index contributed by atoms with van der Waals surface area (Å²) in [5, 5.41) is 12.9. The predicted octanol–water partition coefficient (Wildman–Crippen LogP) is 2.73. The van der Waals surface area contributed by atoms with Crippen LogP contribution in [0.25, 0.3) is 0 Å². The summed E-state index contributed by atoms with van der Waals surface area (Å²) in [5.41, 5.74) is 2.65. The number of aromatic nitrogens is 1. The standard InChI is InChI=1S/C20H22N2O4/c23-15-8-14(9-15)17(13-3-4-16-12(7-13)5-6-25-16)22-20(24)18-19(11-1-2-11)26-10-21-18/h3-4,7,10-11,14-15,17,23H,1-2,5-6,8-9H2,(H,22,24)/t14?,15?,17-/m1/s1. The zero-order chi connectivity index (χ0) is 17.7. The second-order valence-electron chi connectivity index (χ2n) is 7.64. The van der Waals surface area contributed by atoms with E-state index in [4.69, 9.17) is 9.15 Å². The van der Waals surface area contributed by atoms with Gasteiger partial charge in [-0.05, 0) is 54.9 Å². The molecule has 2 aliphatic carbocycles. The van der Waals surface area contributed by atoms with E-state index in [2.05, 4.69) is 16.4 Å². The van der Waals surface area contributed by atoms with Crippen LogP contribution in [0.3, 0.4) is 0 Å². The minimum absolute atomic E-state index is 0.138. The molecule has 0 radical (unpaired) electrons. The molecule has 3 aliphatic rings. The van der Waals surface area contributed by atoms with Crippen molar-refractivity contribution in [2.45, 2.75) is 50.2 Å². The summed E-state index contributed by atoms with van der Waals surface area (Å²) in [6.45, 7) is 0.710. The van der Waals surface area contributed by atoms with Crippen LogP contribution in [0.4, 0.5) is 0 Å². The van der Waals surface area contributed by atoms with E-state index in [0.29, 0.717) is 36.8 Å². The zero-order valence-electron chi connectivity index (χ0n) is 14.5. The van der Waals surface area contributed by atoms with Crippen molar-refractivity contribution < 1.29 is 19.1 Å². The van der Waals surface area contributed by atoms with Gasteiger partial charge in [0.15, 0.2) is 12.1 Å². The maximum Gasteiger partial charge on any atom is 0.274 e. The van der Waals surface area contributed by atoms with Gasteiger partial charge in [0.1, 0.15) is 11.5 Å². The molecule has 6 nitrogen and oxygen atoms in total. The lowest BCUT2D eigenvalue weighted by Crippen LogP contribution is -2.41. The molecular weight excluding hydrogens is 332 g/mol. The lowest BCUT2D eigenvalue weighted by Gasteiger charge is -2.38. The lowest BCUT2D eigenvalue weighted by atomic mass is 9.74. The molecule has 5 rings (SSSR count). The second-order valence-corrected chi connectivity index (χ2v) is 7.64. The van der Waals surface area contributed by atoms with Crippen molar-refractivity contribution in [3.63, 3.8) is 0 Å². The Hall–Kier alpha value is -2.34. The number of hydrogen-bond donors (Lipinski definition) is 2. The van der Waals surface area contributed by atoms with Crippen molar-refractivity contribution in [3.8, 4) is 5.75 Å². The summed E-state index contributed by atoms with van der Waals surface area (Å²) in [6, 6.07) is 5.99. The minimum Gasteiger partial charge on any atom is -0.493 e. The van der Waals surface area contributed by atoms with Crippen LogP contribution in [0.2, 0.25) is 0 Å². The van der Waals surface area contributed by atoms with Gasteiger partial charge in [-0.15, -0.1) is 0 Å². The van der Waals surface area contributed by atoms with Crippen LogP contribution >= 0.6 is 0 Å². The number of nitrogens with one attached hydrogen (secondary N) is 1. The number of amides is 1. The predicted molar refractivity (Wildman–Crippen MR) is 93.1 cm³/mol. The normalized spacial score (nSPS) is 25.1. The number of aliphatic hydroxyl groups excluding tert-OH is 1. The van der Waals surface area contributed by atoms with E-state index in [-0.39, 0.29) is 24.0 Å². The van der Waals surface area contributed by atoms with Crippen LogP contribution in [-0.4, -0.2) is 28.7 Å². The number of oxazole rings is 1. The van der Waals surface area contributed by atoms with Gasteiger partial charge in [-0.2, -0.15) is 0 Å². The third kappa shape index (κ3) is 2.78. The van der Waals surface area contributed by atoms with Crippen LogP contribution in [0.15, 0.2) is 29.0 Å². The van der Waals surface area contributed by atoms with E-state index in [1.807, 2.05) is 12.1 Å². The number of ether oxygens (including phenoxy) is 1. The SMILES string of the molecule is O=C(N[C@H](c1ccc2c(c1)CCO2)C1CC(O)C1)c1ncoc1C1CC1. The molecular formula is C20H22N2O4. The summed E-state index contributed by atoms with van der Waals surface area (Å²) >= 11 is 0. The Morgan fingerprint density at radius 2 is 2.15 bits per heavy atom. The Balaban J connectivity index is 1.41. The summed E-state index contributed by atoms with van der Waals surface area (Å²) in [4.78, 5) is 17.0. The highest BCUT2D eigenvalue weighted by Crippen LogP contribution is 2.42. The largest absolute Gasteiger partial charge is 0.493 e. The number of nitrogens with zero attached hydrogens (tertiary/aromatic N) is 1. The molecule has 1 atom stereocenters. The van der Waals surface area contributed by atoms with Gasteiger partial charge in [0.25, 0.3) is 5.91 Å². The van der Waals surface area contributed by atoms with Crippen LogP contribution in [-0.2, 0) is 6.42 Å². The van der Waals surface area contributed by atoms with Gasteiger partial charge in [-0.1, -0.05) is 6.07 Å². The van der Waals surface area contributed by atoms with E-state index in [1.54, 1.807) is 0 Å². The van der Waals surface area contributed by atoms with Crippen LogP contribution < -0.4 is 10.1 Å². The molecule has 1 aliphatic heterocycles. The number of aliphatic hydroxyl groups is 1. The number of fused-ring (bicyclic) bond motifs is 1. The lowest BCUT2D eigenvalue weighted by molar-refractivity contribution is 0.0234. The first-order valence-corrected chi connectivity index (χ1v) is 9.37. The topological polar surface area (TPSA) is 84.6 Å². The first-order valence-electron chi connectivity index (χ1n) is 9.37. The third-order valence-corrected chi connectivity index (χ3v) is 5.74. The fraction of sp³-hybridized carbons (Fsp3) is 0.500. The van der Waals surface area contributed by atoms with Crippen molar-refractivity contribution in [2.75, 3.05) is 6.61 Å². The van der Waals surface area contributed by atoms with Gasteiger partial charge < -0.3 is 19.6 Å². The molecule has 0 saturated heterocycles. The third-order valence-electron chi connectivity index (χ3n) is 5.74. The maximum atomic E-state index is 12.9. The van der Waals surface area contributed by atoms with Crippen LogP contribution in [0, 0.1) is 5.92 Å². The van der Waals surface area contributed by atoms with Gasteiger partial charge in [0.05, 0.1) is 18.8 Å². The molecule has 0 bridgehead atoms. The highest BCUT2D eigenvalue weighted by Gasteiger charge is 2.38. The molecule has 2 N–H and O–H groups in total. The first-order chi connectivity index (χ1) is 12.7. The monoisotopic (exact) mass is 354 g/mol. The molecule has 1 aromatic carbocycles. The summed E-state index contributed by atoms with van der Waals surface area (Å²) in [6.07, 6.45) is 5.49. The van der Waals surface area contributed by atoms with E-state index in [9.17, 15) is 9.90 Å². The highest BCUT2D eigenvalue weighted by atomic mass is 16.5. The van der Waals surface area contributed by atoms with Gasteiger partial charge in [-0.3, -0.25) is 4.79 Å². The maximum absolute atomic E-state index is 12.9. The number of hydrogen-bond acceptors (Lipinski definition) is 5. The second kappa shape index (κ2) is 6.13. The quantitative estimate of drug-likeness (QED) is 0.862. The molecule has 2 aromatic rings. The van der Waals surface area contributed by atoms with Crippen molar-refractivity contribution in [3.05, 3.63) is 47.2 Å². The highest BCUT2D eigenvalue weighted by molar-refractivity contribution is 5.93. The first kappa shape index (κ1) is 15.9. The fourth-order valence-corrected chi connectivity index (χ4v) is 4.05. The summed E-state index contributed by atoms with van der Waals surface area (Å²) < 4.78 is 11.0. The summed E-state index contributed by atoms with van der Waals surface area (Å²) in [7, 11) is 0. The Labute approximate surface area is 151 Å². The van der Waals surface area contributed by atoms with Crippen molar-refractivity contribution in [1.29, 1.82) is 0 Å². The van der Waals surface area contributed by atoms with Crippen molar-refractivity contribution in [2.24, 2.45) is 5.92 Å². The van der Waals surface area contributed by atoms with Gasteiger partial charge in [-0.25, -0.2) is 4.98 Å². The Morgan fingerprint density at radius 3 is 2.92 bits per heavy atom. The Kier molecular flexibility index (Phi) is 3.74. The van der Waals surface area contributed by atoms with Crippen molar-refractivity contribution >= 4 is 5.91 Å². The average Bonchev–Trinajstić information content (AvgIpc) is 3.16. The van der Waals surface area contributed by atoms with Gasteiger partial charge >= 0.3 is 0 Å². The smallest absolute Gasteiger partial charge is 0.274 e. The van der Waals surface area contributed by atoms with E-state index >= 15 is 0 Å². The van der Waals surface area contributed by atoms with E-state index in [0.717, 1.165) is 30.6 Å². The molecule has 2 heterocycles. The number of carbonyl (C=O) groups is 1. The molecule has 1 amide bonds. The molecule has 136 valence electrons. The van der Waals surface area contributed by atoms with Crippen LogP contribution in [0.5, 0.6) is 5.75 Å². The molecule has 2 saturated carbocycles. The number of rotatable bonds is 5. The van der Waals surface area contributed by atoms with Gasteiger partial charge in [0.2, 0.25) is 0 Å². The summed E-state index contributed by atoms with van der Waals surface area (Å²) in [5.74, 6) is 2.01. The Morgan fingerprint density at radius 1 is 1.31 bits per heavy atom. The molecule has 1 aromatic heterocycles. The molecule has 0 spiro atoms. The number of benzene rings is 1. The van der Waals surface area contributed by atoms with E-state index < -0.39 is 0 Å². The molecule has 2 fully saturated rings. The fourth-order valence-electron chi connectivity index (χ4n) is 4.05. The van der Waals surface area contributed by atoms with E-state index in [1.165, 1.54) is 12.0 Å². The van der Waals surface area contributed by atoms with Gasteiger partial charge in [0, 0.05) is 12.3 Å². The number of carbonyl (C=O) groups excluding carboxylic acids is 1. The molecule has 0 unspecified atom stereocenters. The minimum atomic E-state index is -0.272. The molecule has 6 heteroatoms. The molecule has 26 heavy (non-hydrogen) atoms. The van der Waals surface area contributed by atoms with Crippen molar-refractivity contribution in [1.82, 2.24) is 10.3 Å². The Bertz CT molecular complexity index is 836.